The number of allylic oxidation sites excluding steroid dienone is 1. The number of nitrogens with one attached hydrogen (secondary N) is 1. The van der Waals surface area contributed by atoms with Gasteiger partial charge >= 0.3 is 0 Å². The van der Waals surface area contributed by atoms with Crippen molar-refractivity contribution in [3.63, 3.8) is 0 Å². The fraction of sp³-hybridized carbons (Fsp3) is 0.286. The van der Waals surface area contributed by atoms with Crippen LogP contribution in [0.4, 0.5) is 0 Å². The molecule has 1 aliphatic rings. The molecule has 0 atom stereocenters. The van der Waals surface area contributed by atoms with Crippen LogP contribution in [0.1, 0.15) is 53.9 Å². The first-order valence-electron chi connectivity index (χ1n) is 11.9. The molecule has 3 aromatic heterocycles. The summed E-state index contributed by atoms with van der Waals surface area (Å²) in [7, 11) is 0. The number of hydrogen-bond acceptors (Lipinski definition) is 4. The molecule has 0 saturated heterocycles. The molecule has 0 fully saturated rings. The summed E-state index contributed by atoms with van der Waals surface area (Å²) in [5, 5.41) is 6.16. The molecule has 0 spiro atoms. The monoisotopic (exact) mass is 471 g/mol. The first-order chi connectivity index (χ1) is 16.7. The van der Waals surface area contributed by atoms with E-state index in [1.54, 1.807) is 17.6 Å². The van der Waals surface area contributed by atoms with Gasteiger partial charge in [0.25, 0.3) is 5.91 Å². The average molecular weight is 472 g/mol. The number of amides is 1. The fourth-order valence-corrected chi connectivity index (χ4v) is 5.34. The minimum Gasteiger partial charge on any atom is -0.467 e. The maximum Gasteiger partial charge on any atom is 0.253 e. The van der Waals surface area contributed by atoms with E-state index in [2.05, 4.69) is 33.5 Å². The van der Waals surface area contributed by atoms with Crippen molar-refractivity contribution in [3.8, 4) is 22.0 Å². The Morgan fingerprint density at radius 3 is 2.82 bits per heavy atom. The Hall–Kier alpha value is -3.38. The van der Waals surface area contributed by atoms with Gasteiger partial charge in [0.2, 0.25) is 0 Å². The van der Waals surface area contributed by atoms with Crippen molar-refractivity contribution in [1.82, 2.24) is 14.9 Å². The van der Waals surface area contributed by atoms with Crippen LogP contribution >= 0.6 is 11.3 Å². The van der Waals surface area contributed by atoms with E-state index in [9.17, 15) is 4.79 Å². The molecule has 5 rings (SSSR count). The summed E-state index contributed by atoms with van der Waals surface area (Å²) in [6, 6.07) is 16.0. The highest BCUT2D eigenvalue weighted by molar-refractivity contribution is 7.13. The number of furan rings is 1. The van der Waals surface area contributed by atoms with Crippen LogP contribution in [0.25, 0.3) is 22.0 Å². The molecule has 0 bridgehead atoms. The molecule has 0 saturated carbocycles. The van der Waals surface area contributed by atoms with Crippen LogP contribution in [0.15, 0.2) is 76.2 Å². The second-order valence-corrected chi connectivity index (χ2v) is 9.57. The molecule has 0 aliphatic heterocycles. The summed E-state index contributed by atoms with van der Waals surface area (Å²) >= 11 is 1.61. The normalized spacial score (nSPS) is 13.6. The lowest BCUT2D eigenvalue weighted by atomic mass is 9.97. The molecule has 1 N–H and O–H groups in total. The lowest BCUT2D eigenvalue weighted by molar-refractivity contribution is 0.0953. The van der Waals surface area contributed by atoms with Crippen LogP contribution < -0.4 is 5.32 Å². The van der Waals surface area contributed by atoms with Gasteiger partial charge in [0.05, 0.1) is 29.8 Å². The number of nitrogens with zero attached hydrogens (tertiary/aromatic N) is 2. The molecule has 1 aromatic carbocycles. The van der Waals surface area contributed by atoms with E-state index in [1.807, 2.05) is 43.3 Å². The Morgan fingerprint density at radius 1 is 1.18 bits per heavy atom. The summed E-state index contributed by atoms with van der Waals surface area (Å²) in [6.45, 7) is 3.21. The van der Waals surface area contributed by atoms with Gasteiger partial charge in [-0.15, -0.1) is 11.3 Å². The minimum absolute atomic E-state index is 0.0353. The van der Waals surface area contributed by atoms with E-state index < -0.39 is 0 Å². The molecule has 3 heterocycles. The van der Waals surface area contributed by atoms with E-state index in [1.165, 1.54) is 24.8 Å². The van der Waals surface area contributed by atoms with Gasteiger partial charge in [-0.2, -0.15) is 0 Å². The van der Waals surface area contributed by atoms with Gasteiger partial charge in [-0.1, -0.05) is 42.0 Å². The van der Waals surface area contributed by atoms with E-state index in [4.69, 9.17) is 9.40 Å². The molecule has 0 unspecified atom stereocenters. The number of aromatic nitrogens is 2. The summed E-state index contributed by atoms with van der Waals surface area (Å²) < 4.78 is 7.74. The number of rotatable bonds is 8. The van der Waals surface area contributed by atoms with Crippen molar-refractivity contribution in [1.29, 1.82) is 0 Å². The third-order valence-corrected chi connectivity index (χ3v) is 7.30. The Kier molecular flexibility index (Phi) is 6.77. The highest BCUT2D eigenvalue weighted by atomic mass is 32.1. The van der Waals surface area contributed by atoms with Gasteiger partial charge in [-0.25, -0.2) is 4.98 Å². The Labute approximate surface area is 204 Å². The molecule has 0 radical (unpaired) electrons. The Balaban J connectivity index is 1.41. The Morgan fingerprint density at radius 2 is 2.06 bits per heavy atom. The van der Waals surface area contributed by atoms with E-state index in [0.717, 1.165) is 46.3 Å². The number of hydrogen-bond donors (Lipinski definition) is 1. The van der Waals surface area contributed by atoms with Crippen molar-refractivity contribution < 1.29 is 9.21 Å². The fourth-order valence-electron chi connectivity index (χ4n) is 4.52. The number of carbonyl (C=O) groups is 1. The summed E-state index contributed by atoms with van der Waals surface area (Å²) in [6.07, 6.45) is 9.81. The highest BCUT2D eigenvalue weighted by Crippen LogP contribution is 2.32. The van der Waals surface area contributed by atoms with Crippen LogP contribution in [-0.2, 0) is 6.54 Å². The SMILES string of the molecule is Cc1c(C(=O)NCCC2=CCCCC2)cc(-c2csc(-c3ccccc3)n2)n1Cc1ccco1. The van der Waals surface area contributed by atoms with Gasteiger partial charge in [-0.3, -0.25) is 4.79 Å². The third-order valence-electron chi connectivity index (χ3n) is 6.41. The molecule has 4 aromatic rings. The molecular formula is C28H29N3O2S. The van der Waals surface area contributed by atoms with Crippen molar-refractivity contribution in [2.45, 2.75) is 45.6 Å². The van der Waals surface area contributed by atoms with Crippen LogP contribution in [0.3, 0.4) is 0 Å². The lowest BCUT2D eigenvalue weighted by Gasteiger charge is -2.13. The zero-order valence-corrected chi connectivity index (χ0v) is 20.2. The zero-order valence-electron chi connectivity index (χ0n) is 19.4. The molecular weight excluding hydrogens is 442 g/mol. The third kappa shape index (κ3) is 4.92. The number of thiazole rings is 1. The molecule has 1 amide bonds. The smallest absolute Gasteiger partial charge is 0.253 e. The first kappa shape index (κ1) is 22.4. The van der Waals surface area contributed by atoms with Crippen LogP contribution in [0.5, 0.6) is 0 Å². The minimum atomic E-state index is -0.0353. The molecule has 174 valence electrons. The largest absolute Gasteiger partial charge is 0.467 e. The summed E-state index contributed by atoms with van der Waals surface area (Å²) in [4.78, 5) is 18.1. The van der Waals surface area contributed by atoms with E-state index >= 15 is 0 Å². The zero-order chi connectivity index (χ0) is 23.3. The van der Waals surface area contributed by atoms with E-state index in [-0.39, 0.29) is 5.91 Å². The molecule has 1 aliphatic carbocycles. The number of carbonyl (C=O) groups excluding carboxylic acids is 1. The topological polar surface area (TPSA) is 60.1 Å². The van der Waals surface area contributed by atoms with Crippen molar-refractivity contribution >= 4 is 17.2 Å². The van der Waals surface area contributed by atoms with Gasteiger partial charge in [0.1, 0.15) is 10.8 Å². The molecule has 5 nitrogen and oxygen atoms in total. The Bertz CT molecular complexity index is 1280. The second kappa shape index (κ2) is 10.3. The number of benzene rings is 1. The first-order valence-corrected chi connectivity index (χ1v) is 12.8. The van der Waals surface area contributed by atoms with Gasteiger partial charge in [0, 0.05) is 23.2 Å². The van der Waals surface area contributed by atoms with Crippen LogP contribution in [0.2, 0.25) is 0 Å². The summed E-state index contributed by atoms with van der Waals surface area (Å²) in [5.41, 5.74) is 5.95. The van der Waals surface area contributed by atoms with Crippen LogP contribution in [0, 0.1) is 6.92 Å². The maximum absolute atomic E-state index is 13.1. The lowest BCUT2D eigenvalue weighted by Crippen LogP contribution is -2.25. The predicted octanol–water partition coefficient (Wildman–Crippen LogP) is 6.85. The van der Waals surface area contributed by atoms with Crippen LogP contribution in [-0.4, -0.2) is 22.0 Å². The van der Waals surface area contributed by atoms with Crippen molar-refractivity contribution in [2.24, 2.45) is 0 Å². The summed E-state index contributed by atoms with van der Waals surface area (Å²) in [5.74, 6) is 0.807. The molecule has 6 heteroatoms. The van der Waals surface area contributed by atoms with Gasteiger partial charge in [0.15, 0.2) is 0 Å². The predicted molar refractivity (Wildman–Crippen MR) is 137 cm³/mol. The second-order valence-electron chi connectivity index (χ2n) is 8.71. The van der Waals surface area contributed by atoms with Gasteiger partial charge < -0.3 is 14.3 Å². The highest BCUT2D eigenvalue weighted by Gasteiger charge is 2.21. The van der Waals surface area contributed by atoms with Crippen molar-refractivity contribution in [3.05, 3.63) is 88.8 Å². The maximum atomic E-state index is 13.1. The standard InChI is InChI=1S/C28H29N3O2S/c1-20-24(27(32)29-15-14-21-9-4-2-5-10-21)17-26(31(20)18-23-13-8-16-33-23)25-19-34-28(30-25)22-11-6-3-7-12-22/h3,6-9,11-13,16-17,19H,2,4-5,10,14-15,18H2,1H3,(H,29,32). The van der Waals surface area contributed by atoms with Gasteiger partial charge in [-0.05, 0) is 57.2 Å². The van der Waals surface area contributed by atoms with E-state index in [0.29, 0.717) is 18.7 Å². The average Bonchev–Trinajstić information content (AvgIpc) is 3.62. The molecule has 34 heavy (non-hydrogen) atoms. The quantitative estimate of drug-likeness (QED) is 0.286. The van der Waals surface area contributed by atoms with Crippen molar-refractivity contribution in [2.75, 3.05) is 6.54 Å².